The van der Waals surface area contributed by atoms with Crippen molar-refractivity contribution in [2.24, 2.45) is 11.8 Å². The van der Waals surface area contributed by atoms with Gasteiger partial charge in [0.05, 0.1) is 18.6 Å². The third-order valence-electron chi connectivity index (χ3n) is 5.19. The molecule has 2 N–H and O–H groups in total. The molecule has 0 aliphatic carbocycles. The van der Waals surface area contributed by atoms with Gasteiger partial charge < -0.3 is 24.8 Å². The number of carbonyl (C=O) groups is 2. The minimum atomic E-state index is -0.422. The summed E-state index contributed by atoms with van der Waals surface area (Å²) >= 11 is 0. The molecule has 26 heavy (non-hydrogen) atoms. The lowest BCUT2D eigenvalue weighted by Crippen LogP contribution is -2.45. The lowest BCUT2D eigenvalue weighted by molar-refractivity contribution is -0.127. The van der Waals surface area contributed by atoms with Crippen molar-refractivity contribution in [3.05, 3.63) is 18.2 Å². The van der Waals surface area contributed by atoms with E-state index in [1.54, 1.807) is 23.1 Å². The molecule has 142 valence electrons. The summed E-state index contributed by atoms with van der Waals surface area (Å²) in [6.07, 6.45) is 1.03. The number of carbonyl (C=O) groups excluding carboxylic acids is 2. The molecule has 0 bridgehead atoms. The number of amides is 2. The Morgan fingerprint density at radius 1 is 1.35 bits per heavy atom. The summed E-state index contributed by atoms with van der Waals surface area (Å²) in [5, 5.41) is 12.4. The third kappa shape index (κ3) is 3.77. The Bertz CT molecular complexity index is 678. The molecule has 0 spiro atoms. The van der Waals surface area contributed by atoms with Crippen LogP contribution in [0.15, 0.2) is 18.2 Å². The lowest BCUT2D eigenvalue weighted by Gasteiger charge is -2.24. The standard InChI is InChI=1S/C19H26N2O5/c1-3-12(2)15(11-22)20-19(24)13-8-18(23)21(10-13)14-4-5-16-17(9-14)26-7-6-25-16/h4-5,9,12-13,15,22H,3,6-8,10-11H2,1-2H3,(H,20,24)/t12-,13-,15-/m1/s1. The van der Waals surface area contributed by atoms with Crippen molar-refractivity contribution >= 4 is 17.5 Å². The molecular formula is C19H26N2O5. The number of rotatable bonds is 6. The van der Waals surface area contributed by atoms with Crippen molar-refractivity contribution in [1.29, 1.82) is 0 Å². The molecule has 1 saturated heterocycles. The Hall–Kier alpha value is -2.28. The average molecular weight is 362 g/mol. The van der Waals surface area contributed by atoms with E-state index in [2.05, 4.69) is 5.32 Å². The van der Waals surface area contributed by atoms with Crippen LogP contribution in [-0.4, -0.2) is 49.3 Å². The third-order valence-corrected chi connectivity index (χ3v) is 5.19. The molecular weight excluding hydrogens is 336 g/mol. The number of benzene rings is 1. The van der Waals surface area contributed by atoms with Gasteiger partial charge in [0.15, 0.2) is 11.5 Å². The lowest BCUT2D eigenvalue weighted by atomic mass is 9.98. The maximum atomic E-state index is 12.5. The van der Waals surface area contributed by atoms with Gasteiger partial charge >= 0.3 is 0 Å². The monoisotopic (exact) mass is 362 g/mol. The first-order valence-electron chi connectivity index (χ1n) is 9.14. The van der Waals surface area contributed by atoms with Crippen LogP contribution >= 0.6 is 0 Å². The van der Waals surface area contributed by atoms with Gasteiger partial charge in [0.25, 0.3) is 0 Å². The molecule has 1 aromatic rings. The molecule has 7 heteroatoms. The van der Waals surface area contributed by atoms with Gasteiger partial charge in [0.1, 0.15) is 13.2 Å². The molecule has 0 unspecified atom stereocenters. The number of aliphatic hydroxyl groups excluding tert-OH is 1. The van der Waals surface area contributed by atoms with Gasteiger partial charge in [-0.05, 0) is 18.1 Å². The molecule has 3 atom stereocenters. The molecule has 0 radical (unpaired) electrons. The van der Waals surface area contributed by atoms with Crippen LogP contribution in [0.1, 0.15) is 26.7 Å². The molecule has 1 fully saturated rings. The first-order chi connectivity index (χ1) is 12.5. The maximum Gasteiger partial charge on any atom is 0.227 e. The molecule has 2 heterocycles. The highest BCUT2D eigenvalue weighted by Gasteiger charge is 2.36. The van der Waals surface area contributed by atoms with E-state index >= 15 is 0 Å². The first kappa shape index (κ1) is 18.5. The number of hydrogen-bond donors (Lipinski definition) is 2. The van der Waals surface area contributed by atoms with Gasteiger partial charge in [0, 0.05) is 24.7 Å². The van der Waals surface area contributed by atoms with Crippen molar-refractivity contribution in [2.75, 3.05) is 31.3 Å². The fraction of sp³-hybridized carbons (Fsp3) is 0.579. The highest BCUT2D eigenvalue weighted by molar-refractivity contribution is 6.00. The Morgan fingerprint density at radius 2 is 2.08 bits per heavy atom. The van der Waals surface area contributed by atoms with Crippen LogP contribution < -0.4 is 19.7 Å². The van der Waals surface area contributed by atoms with Crippen LogP contribution in [0.3, 0.4) is 0 Å². The predicted octanol–water partition coefficient (Wildman–Crippen LogP) is 1.33. The number of nitrogens with one attached hydrogen (secondary N) is 1. The Kier molecular flexibility index (Phi) is 5.66. The van der Waals surface area contributed by atoms with Crippen LogP contribution in [0.5, 0.6) is 11.5 Å². The van der Waals surface area contributed by atoms with Crippen molar-refractivity contribution < 1.29 is 24.2 Å². The van der Waals surface area contributed by atoms with Crippen molar-refractivity contribution in [2.45, 2.75) is 32.7 Å². The zero-order valence-electron chi connectivity index (χ0n) is 15.2. The first-order valence-corrected chi connectivity index (χ1v) is 9.14. The normalized spacial score (nSPS) is 21.4. The summed E-state index contributed by atoms with van der Waals surface area (Å²) in [6.45, 7) is 5.22. The SMILES string of the molecule is CC[C@@H](C)[C@@H](CO)NC(=O)[C@@H]1CC(=O)N(c2ccc3c(c2)OCCO3)C1. The number of fused-ring (bicyclic) bond motifs is 1. The Labute approximate surface area is 153 Å². The topological polar surface area (TPSA) is 88.1 Å². The van der Waals surface area contributed by atoms with Gasteiger partial charge in [-0.25, -0.2) is 0 Å². The number of anilines is 1. The summed E-state index contributed by atoms with van der Waals surface area (Å²) < 4.78 is 11.1. The van der Waals surface area contributed by atoms with E-state index in [1.807, 2.05) is 13.8 Å². The van der Waals surface area contributed by atoms with E-state index in [-0.39, 0.29) is 36.8 Å². The van der Waals surface area contributed by atoms with Crippen LogP contribution in [0.4, 0.5) is 5.69 Å². The molecule has 0 aromatic heterocycles. The zero-order valence-corrected chi connectivity index (χ0v) is 15.2. The predicted molar refractivity (Wildman–Crippen MR) is 96.4 cm³/mol. The number of ether oxygens (including phenoxy) is 2. The fourth-order valence-electron chi connectivity index (χ4n) is 3.29. The Morgan fingerprint density at radius 3 is 2.77 bits per heavy atom. The van der Waals surface area contributed by atoms with Gasteiger partial charge in [-0.3, -0.25) is 9.59 Å². The minimum Gasteiger partial charge on any atom is -0.486 e. The summed E-state index contributed by atoms with van der Waals surface area (Å²) in [4.78, 5) is 26.6. The number of hydrogen-bond acceptors (Lipinski definition) is 5. The molecule has 2 aliphatic heterocycles. The average Bonchev–Trinajstić information content (AvgIpc) is 3.06. The molecule has 7 nitrogen and oxygen atoms in total. The fourth-order valence-corrected chi connectivity index (χ4v) is 3.29. The summed E-state index contributed by atoms with van der Waals surface area (Å²) in [7, 11) is 0. The largest absolute Gasteiger partial charge is 0.486 e. The van der Waals surface area contributed by atoms with E-state index in [9.17, 15) is 14.7 Å². The van der Waals surface area contributed by atoms with Crippen molar-refractivity contribution in [1.82, 2.24) is 5.32 Å². The van der Waals surface area contributed by atoms with Gasteiger partial charge in [-0.15, -0.1) is 0 Å². The van der Waals surface area contributed by atoms with Crippen LogP contribution in [0.2, 0.25) is 0 Å². The van der Waals surface area contributed by atoms with E-state index in [4.69, 9.17) is 9.47 Å². The summed E-state index contributed by atoms with van der Waals surface area (Å²) in [6, 6.07) is 5.09. The van der Waals surface area contributed by atoms with Crippen LogP contribution in [-0.2, 0) is 9.59 Å². The molecule has 2 amide bonds. The highest BCUT2D eigenvalue weighted by Crippen LogP contribution is 2.36. The summed E-state index contributed by atoms with van der Waals surface area (Å²) in [5.74, 6) is 0.763. The van der Waals surface area contributed by atoms with E-state index in [1.165, 1.54) is 0 Å². The van der Waals surface area contributed by atoms with E-state index in [0.717, 1.165) is 6.42 Å². The quantitative estimate of drug-likeness (QED) is 0.797. The molecule has 0 saturated carbocycles. The van der Waals surface area contributed by atoms with Gasteiger partial charge in [-0.2, -0.15) is 0 Å². The van der Waals surface area contributed by atoms with Crippen LogP contribution in [0.25, 0.3) is 0 Å². The van der Waals surface area contributed by atoms with Crippen LogP contribution in [0, 0.1) is 11.8 Å². The zero-order chi connectivity index (χ0) is 18.7. The van der Waals surface area contributed by atoms with Crippen molar-refractivity contribution in [3.63, 3.8) is 0 Å². The number of aliphatic hydroxyl groups is 1. The van der Waals surface area contributed by atoms with Gasteiger partial charge in [-0.1, -0.05) is 20.3 Å². The maximum absolute atomic E-state index is 12.5. The minimum absolute atomic E-state index is 0.0917. The molecule has 3 rings (SSSR count). The second-order valence-electron chi connectivity index (χ2n) is 6.92. The molecule has 2 aliphatic rings. The highest BCUT2D eigenvalue weighted by atomic mass is 16.6. The second-order valence-corrected chi connectivity index (χ2v) is 6.92. The van der Waals surface area contributed by atoms with E-state index in [0.29, 0.717) is 36.9 Å². The molecule has 1 aromatic carbocycles. The second kappa shape index (κ2) is 7.95. The Balaban J connectivity index is 1.67. The summed E-state index contributed by atoms with van der Waals surface area (Å²) in [5.41, 5.74) is 0.704. The number of nitrogens with zero attached hydrogens (tertiary/aromatic N) is 1. The van der Waals surface area contributed by atoms with Crippen molar-refractivity contribution in [3.8, 4) is 11.5 Å². The van der Waals surface area contributed by atoms with Gasteiger partial charge in [0.2, 0.25) is 11.8 Å². The smallest absolute Gasteiger partial charge is 0.227 e. The van der Waals surface area contributed by atoms with E-state index < -0.39 is 5.92 Å².